The minimum absolute atomic E-state index is 0.103. The van der Waals surface area contributed by atoms with Gasteiger partial charge in [-0.25, -0.2) is 9.13 Å². The standard InChI is InChI=1S/C9H20O5SSi.C8H15N2/c1-12-16(13-2,14-3)8-4-6-15-7-5-9(10)11;1-3-4-5-10-7-6-9(2)8-10/h4-8H2,1-3H3,(H,10,11);6-8H,3-5H2,1-2H3/q;+1/p-1. The van der Waals surface area contributed by atoms with Gasteiger partial charge in [-0.15, -0.1) is 0 Å². The number of aromatic nitrogens is 2. The molecule has 0 fully saturated rings. The molecule has 0 unspecified atom stereocenters. The Morgan fingerprint density at radius 2 is 1.85 bits per heavy atom. The number of rotatable bonds is 13. The largest absolute Gasteiger partial charge is 0.550 e. The fourth-order valence-electron chi connectivity index (χ4n) is 2.18. The smallest absolute Gasteiger partial charge is 0.500 e. The average Bonchev–Trinajstić information content (AvgIpc) is 3.05. The normalized spacial score (nSPS) is 11.1. The van der Waals surface area contributed by atoms with Crippen molar-refractivity contribution in [2.45, 2.75) is 45.2 Å². The first kappa shape index (κ1) is 25.1. The van der Waals surface area contributed by atoms with E-state index in [9.17, 15) is 9.90 Å². The molecule has 0 atom stereocenters. The lowest BCUT2D eigenvalue weighted by molar-refractivity contribution is -0.671. The monoisotopic (exact) mass is 406 g/mol. The highest BCUT2D eigenvalue weighted by Crippen LogP contribution is 2.17. The van der Waals surface area contributed by atoms with Crippen LogP contribution in [-0.2, 0) is 31.7 Å². The molecule has 0 radical (unpaired) electrons. The van der Waals surface area contributed by atoms with Crippen LogP contribution >= 0.6 is 11.8 Å². The molecule has 0 spiro atoms. The van der Waals surface area contributed by atoms with E-state index in [4.69, 9.17) is 13.3 Å². The first-order valence-corrected chi connectivity index (χ1v) is 12.0. The molecule has 0 saturated carbocycles. The molecule has 1 heterocycles. The highest BCUT2D eigenvalue weighted by molar-refractivity contribution is 7.99. The van der Waals surface area contributed by atoms with Gasteiger partial charge < -0.3 is 23.2 Å². The minimum atomic E-state index is -2.44. The van der Waals surface area contributed by atoms with Crippen LogP contribution in [0.4, 0.5) is 0 Å². The lowest BCUT2D eigenvalue weighted by Crippen LogP contribution is -2.42. The third-order valence-electron chi connectivity index (χ3n) is 3.75. The van der Waals surface area contributed by atoms with Gasteiger partial charge in [0.15, 0.2) is 0 Å². The van der Waals surface area contributed by atoms with Crippen molar-refractivity contribution in [3.05, 3.63) is 18.7 Å². The van der Waals surface area contributed by atoms with Gasteiger partial charge in [0.05, 0.1) is 13.6 Å². The predicted octanol–water partition coefficient (Wildman–Crippen LogP) is 1.24. The summed E-state index contributed by atoms with van der Waals surface area (Å²) in [4.78, 5) is 10.2. The maximum absolute atomic E-state index is 10.2. The van der Waals surface area contributed by atoms with E-state index >= 15 is 0 Å². The van der Waals surface area contributed by atoms with E-state index < -0.39 is 14.8 Å². The summed E-state index contributed by atoms with van der Waals surface area (Å²) in [5.74, 6) is 0.462. The van der Waals surface area contributed by atoms with Gasteiger partial charge in [0.25, 0.3) is 0 Å². The lowest BCUT2D eigenvalue weighted by Gasteiger charge is -2.24. The number of hydrogen-bond acceptors (Lipinski definition) is 6. The highest BCUT2D eigenvalue weighted by Gasteiger charge is 2.36. The van der Waals surface area contributed by atoms with Crippen LogP contribution in [0.3, 0.4) is 0 Å². The second-order valence-corrected chi connectivity index (χ2v) is 10.1. The summed E-state index contributed by atoms with van der Waals surface area (Å²) < 4.78 is 20.1. The Hall–Kier alpha value is -0.873. The number of carboxylic acids is 1. The molecule has 0 aliphatic rings. The van der Waals surface area contributed by atoms with Crippen LogP contribution in [0.5, 0.6) is 0 Å². The Kier molecular flexibility index (Phi) is 14.7. The fourth-order valence-corrected chi connectivity index (χ4v) is 5.02. The van der Waals surface area contributed by atoms with Crippen LogP contribution in [0.1, 0.15) is 32.6 Å². The molecule has 26 heavy (non-hydrogen) atoms. The third-order valence-corrected chi connectivity index (χ3v) is 7.65. The van der Waals surface area contributed by atoms with Crippen LogP contribution in [0.25, 0.3) is 0 Å². The van der Waals surface area contributed by atoms with Crippen LogP contribution in [-0.4, -0.2) is 52.2 Å². The van der Waals surface area contributed by atoms with Gasteiger partial charge >= 0.3 is 8.80 Å². The maximum atomic E-state index is 10.2. The average molecular weight is 407 g/mol. The number of thioether (sulfide) groups is 1. The Labute approximate surface area is 163 Å². The molecule has 1 rings (SSSR count). The van der Waals surface area contributed by atoms with E-state index in [1.165, 1.54) is 12.8 Å². The van der Waals surface area contributed by atoms with Gasteiger partial charge in [0.2, 0.25) is 6.33 Å². The zero-order valence-corrected chi connectivity index (χ0v) is 18.5. The summed E-state index contributed by atoms with van der Waals surface area (Å²) in [7, 11) is 4.36. The van der Waals surface area contributed by atoms with Crippen molar-refractivity contribution < 1.29 is 27.7 Å². The van der Waals surface area contributed by atoms with Gasteiger partial charge in [-0.05, 0) is 30.8 Å². The number of aryl methyl sites for hydroxylation is 2. The second kappa shape index (κ2) is 15.2. The number of imidazole rings is 1. The molecule has 1 aromatic rings. The molecule has 0 amide bonds. The van der Waals surface area contributed by atoms with Crippen LogP contribution < -0.4 is 9.67 Å². The maximum Gasteiger partial charge on any atom is 0.500 e. The predicted molar refractivity (Wildman–Crippen MR) is 104 cm³/mol. The quantitative estimate of drug-likeness (QED) is 0.279. The lowest BCUT2D eigenvalue weighted by atomic mass is 10.3. The van der Waals surface area contributed by atoms with Crippen molar-refractivity contribution >= 4 is 26.5 Å². The summed E-state index contributed by atoms with van der Waals surface area (Å²) in [6, 6.07) is 0.745. The Bertz CT molecular complexity index is 475. The van der Waals surface area contributed by atoms with Gasteiger partial charge in [0, 0.05) is 33.3 Å². The fraction of sp³-hybridized carbons (Fsp3) is 0.765. The summed E-state index contributed by atoms with van der Waals surface area (Å²) >= 11 is 1.59. The highest BCUT2D eigenvalue weighted by atomic mass is 32.2. The zero-order valence-electron chi connectivity index (χ0n) is 16.7. The molecule has 1 aromatic heterocycles. The zero-order chi connectivity index (χ0) is 19.8. The van der Waals surface area contributed by atoms with E-state index in [0.29, 0.717) is 5.75 Å². The summed E-state index contributed by atoms with van der Waals surface area (Å²) in [6.45, 7) is 3.36. The first-order valence-electron chi connectivity index (χ1n) is 8.87. The topological polar surface area (TPSA) is 76.6 Å². The van der Waals surface area contributed by atoms with E-state index in [1.807, 2.05) is 7.05 Å². The van der Waals surface area contributed by atoms with Gasteiger partial charge in [-0.2, -0.15) is 11.8 Å². The van der Waals surface area contributed by atoms with Crippen molar-refractivity contribution in [3.63, 3.8) is 0 Å². The molecule has 0 saturated heterocycles. The molecule has 0 aliphatic heterocycles. The molecular weight excluding hydrogens is 372 g/mol. The Balaban J connectivity index is 0.000000531. The number of aliphatic carboxylic acids is 1. The van der Waals surface area contributed by atoms with Gasteiger partial charge in [-0.3, -0.25) is 0 Å². The number of unbranched alkanes of at least 4 members (excludes halogenated alkanes) is 1. The molecule has 152 valence electrons. The van der Waals surface area contributed by atoms with Crippen LogP contribution in [0.2, 0.25) is 6.04 Å². The van der Waals surface area contributed by atoms with Gasteiger partial charge in [-0.1, -0.05) is 13.3 Å². The number of carbonyl (C=O) groups is 1. The minimum Gasteiger partial charge on any atom is -0.550 e. The number of hydrogen-bond donors (Lipinski definition) is 0. The summed E-state index contributed by atoms with van der Waals surface area (Å²) in [5, 5.41) is 10.2. The Morgan fingerprint density at radius 3 is 2.31 bits per heavy atom. The molecule has 0 aromatic carbocycles. The van der Waals surface area contributed by atoms with E-state index in [1.54, 1.807) is 33.1 Å². The SMILES string of the molecule is CCCCn1cc[n+](C)c1.CO[Si](CCCSCCC(=O)[O-])(OC)OC. The van der Waals surface area contributed by atoms with Crippen molar-refractivity contribution in [2.24, 2.45) is 7.05 Å². The molecule has 0 aliphatic carbocycles. The summed E-state index contributed by atoms with van der Waals surface area (Å²) in [5.41, 5.74) is 0. The number of carbonyl (C=O) groups excluding carboxylic acids is 1. The van der Waals surface area contributed by atoms with Crippen molar-refractivity contribution in [1.82, 2.24) is 4.57 Å². The van der Waals surface area contributed by atoms with E-state index in [0.717, 1.165) is 24.8 Å². The van der Waals surface area contributed by atoms with E-state index in [2.05, 4.69) is 34.8 Å². The Morgan fingerprint density at radius 1 is 1.19 bits per heavy atom. The van der Waals surface area contributed by atoms with Gasteiger partial charge in [0.1, 0.15) is 12.4 Å². The molecular formula is C17H34N2O5SSi. The number of nitrogens with zero attached hydrogens (tertiary/aromatic N) is 2. The third kappa shape index (κ3) is 11.7. The molecule has 9 heteroatoms. The second-order valence-electron chi connectivity index (χ2n) is 5.80. The molecule has 7 nitrogen and oxygen atoms in total. The first-order chi connectivity index (χ1) is 12.4. The van der Waals surface area contributed by atoms with Crippen molar-refractivity contribution in [2.75, 3.05) is 32.8 Å². The molecule has 0 N–H and O–H groups in total. The van der Waals surface area contributed by atoms with Crippen molar-refractivity contribution in [1.29, 1.82) is 0 Å². The number of carboxylic acid groups (broad SMARTS) is 1. The molecule has 0 bridgehead atoms. The van der Waals surface area contributed by atoms with Crippen LogP contribution in [0, 0.1) is 0 Å². The van der Waals surface area contributed by atoms with Crippen LogP contribution in [0.15, 0.2) is 18.7 Å². The van der Waals surface area contributed by atoms with Crippen molar-refractivity contribution in [3.8, 4) is 0 Å². The van der Waals surface area contributed by atoms with E-state index in [-0.39, 0.29) is 6.42 Å². The summed E-state index contributed by atoms with van der Waals surface area (Å²) in [6.07, 6.45) is 9.81.